The minimum atomic E-state index is -0.657. The lowest BCUT2D eigenvalue weighted by molar-refractivity contribution is -0.124. The van der Waals surface area contributed by atoms with E-state index >= 15 is 0 Å². The van der Waals surface area contributed by atoms with E-state index in [2.05, 4.69) is 5.32 Å². The maximum absolute atomic E-state index is 11.7. The number of amides is 1. The quantitative estimate of drug-likeness (QED) is 0.805. The first-order chi connectivity index (χ1) is 12.1. The molecule has 1 aliphatic heterocycles. The van der Waals surface area contributed by atoms with E-state index in [0.29, 0.717) is 31.9 Å². The molecule has 0 atom stereocenters. The first kappa shape index (κ1) is 16.9. The number of rotatable bonds is 6. The van der Waals surface area contributed by atoms with E-state index < -0.39 is 5.97 Å². The van der Waals surface area contributed by atoms with Crippen LogP contribution in [-0.4, -0.2) is 38.2 Å². The number of carbonyl (C=O) groups excluding carboxylic acids is 2. The fourth-order valence-electron chi connectivity index (χ4n) is 2.39. The van der Waals surface area contributed by atoms with Gasteiger partial charge in [0, 0.05) is 6.54 Å². The van der Waals surface area contributed by atoms with E-state index in [0.717, 1.165) is 17.1 Å². The van der Waals surface area contributed by atoms with E-state index in [9.17, 15) is 9.59 Å². The van der Waals surface area contributed by atoms with Crippen molar-refractivity contribution in [2.75, 3.05) is 26.4 Å². The lowest BCUT2D eigenvalue weighted by atomic mass is 10.1. The van der Waals surface area contributed by atoms with Gasteiger partial charge in [-0.1, -0.05) is 6.07 Å². The Hall–Kier alpha value is -2.96. The van der Waals surface area contributed by atoms with Gasteiger partial charge in [-0.3, -0.25) is 4.79 Å². The molecule has 132 valence electrons. The van der Waals surface area contributed by atoms with E-state index in [1.807, 2.05) is 18.2 Å². The maximum atomic E-state index is 11.7. The fourth-order valence-corrected chi connectivity index (χ4v) is 2.39. The Kier molecular flexibility index (Phi) is 5.23. The molecule has 1 aromatic carbocycles. The van der Waals surface area contributed by atoms with Gasteiger partial charge in [0.15, 0.2) is 18.1 Å². The summed E-state index contributed by atoms with van der Waals surface area (Å²) in [6.07, 6.45) is 0.633. The predicted molar refractivity (Wildman–Crippen MR) is 87.9 cm³/mol. The second-order valence-electron chi connectivity index (χ2n) is 5.56. The first-order valence-corrected chi connectivity index (χ1v) is 8.00. The number of nitrogens with one attached hydrogen (secondary N) is 1. The number of furan rings is 1. The number of benzene rings is 1. The molecule has 0 spiro atoms. The van der Waals surface area contributed by atoms with Crippen molar-refractivity contribution < 1.29 is 28.2 Å². The summed E-state index contributed by atoms with van der Waals surface area (Å²) in [4.78, 5) is 23.4. The number of ether oxygens (including phenoxy) is 3. The van der Waals surface area contributed by atoms with Crippen LogP contribution in [0.25, 0.3) is 0 Å². The molecule has 0 fully saturated rings. The normalized spacial score (nSPS) is 12.5. The predicted octanol–water partition coefficient (Wildman–Crippen LogP) is 1.87. The Morgan fingerprint density at radius 3 is 2.68 bits per heavy atom. The highest BCUT2D eigenvalue weighted by atomic mass is 16.6. The van der Waals surface area contributed by atoms with Crippen LogP contribution in [0.2, 0.25) is 0 Å². The van der Waals surface area contributed by atoms with Gasteiger partial charge in [-0.25, -0.2) is 4.79 Å². The molecule has 3 rings (SSSR count). The number of carbonyl (C=O) groups is 2. The number of esters is 1. The number of hydrogen-bond donors (Lipinski definition) is 1. The van der Waals surface area contributed by atoms with Crippen LogP contribution in [0.1, 0.15) is 21.9 Å². The highest BCUT2D eigenvalue weighted by Gasteiger charge is 2.14. The Morgan fingerprint density at radius 2 is 1.92 bits per heavy atom. The summed E-state index contributed by atoms with van der Waals surface area (Å²) in [6, 6.07) is 8.86. The van der Waals surface area contributed by atoms with Crippen molar-refractivity contribution in [1.82, 2.24) is 5.32 Å². The van der Waals surface area contributed by atoms with Crippen molar-refractivity contribution in [2.45, 2.75) is 13.3 Å². The molecule has 7 nitrogen and oxygen atoms in total. The Balaban J connectivity index is 1.40. The fraction of sp³-hybridized carbons (Fsp3) is 0.333. The van der Waals surface area contributed by atoms with Crippen molar-refractivity contribution >= 4 is 11.9 Å². The van der Waals surface area contributed by atoms with Crippen molar-refractivity contribution in [2.24, 2.45) is 0 Å². The maximum Gasteiger partial charge on any atom is 0.374 e. The molecule has 0 unspecified atom stereocenters. The number of aryl methyl sites for hydroxylation is 1. The first-order valence-electron chi connectivity index (χ1n) is 8.00. The Labute approximate surface area is 144 Å². The summed E-state index contributed by atoms with van der Waals surface area (Å²) in [6.45, 7) is 2.89. The largest absolute Gasteiger partial charge is 0.486 e. The number of hydrogen-bond acceptors (Lipinski definition) is 6. The van der Waals surface area contributed by atoms with Crippen LogP contribution < -0.4 is 14.8 Å². The van der Waals surface area contributed by atoms with Crippen molar-refractivity contribution in [3.8, 4) is 11.5 Å². The number of fused-ring (bicyclic) bond motifs is 1. The molecular weight excluding hydrogens is 326 g/mol. The topological polar surface area (TPSA) is 87.0 Å². The summed E-state index contributed by atoms with van der Waals surface area (Å²) in [5, 5.41) is 2.70. The van der Waals surface area contributed by atoms with Gasteiger partial charge >= 0.3 is 5.97 Å². The molecule has 2 aromatic rings. The monoisotopic (exact) mass is 345 g/mol. The molecular formula is C18H19NO6. The Morgan fingerprint density at radius 1 is 1.12 bits per heavy atom. The summed E-state index contributed by atoms with van der Waals surface area (Å²) in [5.74, 6) is 1.12. The molecule has 0 bridgehead atoms. The van der Waals surface area contributed by atoms with E-state index in [-0.39, 0.29) is 18.3 Å². The van der Waals surface area contributed by atoms with Gasteiger partial charge in [-0.15, -0.1) is 0 Å². The highest BCUT2D eigenvalue weighted by molar-refractivity contribution is 5.88. The summed E-state index contributed by atoms with van der Waals surface area (Å²) in [7, 11) is 0. The third-order valence-corrected chi connectivity index (χ3v) is 3.62. The van der Waals surface area contributed by atoms with Gasteiger partial charge in [-0.2, -0.15) is 0 Å². The van der Waals surface area contributed by atoms with Crippen LogP contribution in [0.15, 0.2) is 34.7 Å². The molecule has 1 amide bonds. The molecule has 2 heterocycles. The van der Waals surface area contributed by atoms with Crippen LogP contribution in [-0.2, 0) is 16.0 Å². The average Bonchev–Trinajstić information content (AvgIpc) is 3.06. The average molecular weight is 345 g/mol. The van der Waals surface area contributed by atoms with Gasteiger partial charge in [0.2, 0.25) is 5.76 Å². The summed E-state index contributed by atoms with van der Waals surface area (Å²) >= 11 is 0. The third-order valence-electron chi connectivity index (χ3n) is 3.62. The van der Waals surface area contributed by atoms with E-state index in [1.165, 1.54) is 6.07 Å². The highest BCUT2D eigenvalue weighted by Crippen LogP contribution is 2.30. The molecule has 0 aliphatic carbocycles. The van der Waals surface area contributed by atoms with Crippen molar-refractivity contribution in [3.05, 3.63) is 47.4 Å². The lowest BCUT2D eigenvalue weighted by Gasteiger charge is -2.18. The van der Waals surface area contributed by atoms with Crippen LogP contribution >= 0.6 is 0 Å². The van der Waals surface area contributed by atoms with Gasteiger partial charge in [0.1, 0.15) is 19.0 Å². The lowest BCUT2D eigenvalue weighted by Crippen LogP contribution is -2.30. The summed E-state index contributed by atoms with van der Waals surface area (Å²) < 4.78 is 21.0. The van der Waals surface area contributed by atoms with Gasteiger partial charge < -0.3 is 23.9 Å². The third kappa shape index (κ3) is 4.53. The zero-order chi connectivity index (χ0) is 17.6. The minimum absolute atomic E-state index is 0.0848. The molecule has 0 radical (unpaired) electrons. The van der Waals surface area contributed by atoms with Gasteiger partial charge in [0.05, 0.1) is 0 Å². The van der Waals surface area contributed by atoms with Gasteiger partial charge in [0.25, 0.3) is 5.91 Å². The van der Waals surface area contributed by atoms with Gasteiger partial charge in [-0.05, 0) is 43.2 Å². The zero-order valence-electron chi connectivity index (χ0n) is 13.9. The molecule has 1 aliphatic rings. The smallest absolute Gasteiger partial charge is 0.374 e. The van der Waals surface area contributed by atoms with Crippen LogP contribution in [0, 0.1) is 6.92 Å². The molecule has 0 saturated carbocycles. The van der Waals surface area contributed by atoms with Crippen molar-refractivity contribution in [3.63, 3.8) is 0 Å². The standard InChI is InChI=1S/C18H19NO6/c1-12-2-4-15(25-12)18(21)24-11-17(20)19-7-6-13-3-5-14-16(10-13)23-9-8-22-14/h2-5,10H,6-9,11H2,1H3,(H,19,20). The molecule has 1 N–H and O–H groups in total. The van der Waals surface area contributed by atoms with Crippen LogP contribution in [0.4, 0.5) is 0 Å². The van der Waals surface area contributed by atoms with Crippen LogP contribution in [0.5, 0.6) is 11.5 Å². The molecule has 0 saturated heterocycles. The zero-order valence-corrected chi connectivity index (χ0v) is 13.9. The van der Waals surface area contributed by atoms with Crippen LogP contribution in [0.3, 0.4) is 0 Å². The molecule has 7 heteroatoms. The summed E-state index contributed by atoms with van der Waals surface area (Å²) in [5.41, 5.74) is 1.02. The second-order valence-corrected chi connectivity index (χ2v) is 5.56. The Bertz CT molecular complexity index is 767. The molecule has 25 heavy (non-hydrogen) atoms. The second kappa shape index (κ2) is 7.74. The molecule has 1 aromatic heterocycles. The SMILES string of the molecule is Cc1ccc(C(=O)OCC(=O)NCCc2ccc3c(c2)OCCO3)o1. The van der Waals surface area contributed by atoms with Crippen molar-refractivity contribution in [1.29, 1.82) is 0 Å². The minimum Gasteiger partial charge on any atom is -0.486 e. The van der Waals surface area contributed by atoms with E-state index in [1.54, 1.807) is 13.0 Å². The van der Waals surface area contributed by atoms with E-state index in [4.69, 9.17) is 18.6 Å².